The molecule has 8 nitrogen and oxygen atoms in total. The largest absolute Gasteiger partial charge is 0.446 e. The molecule has 2 rings (SSSR count). The number of imide groups is 2. The SMILES string of the molecule is CC1CC(F)(F)C(=O)NC1=O.NC1CC(F)(F)C(=O)NC1=O.O=CC(F)(F)F. The van der Waals surface area contributed by atoms with Crippen molar-refractivity contribution < 1.29 is 54.7 Å². The highest BCUT2D eigenvalue weighted by Crippen LogP contribution is 2.27. The Bertz CT molecular complexity index is 605. The molecule has 2 atom stereocenters. The number of aldehydes is 1. The zero-order chi connectivity index (χ0) is 22.5. The standard InChI is InChI=1S/C6H7F2NO2.C5H6F2N2O2.C2HF3O/c1-3-2-6(7,8)5(11)9-4(3)10;6-5(7)1-2(8)3(10)9-4(5)11;3-2(4,5)1-6/h3H,2H2,1H3,(H,9,10,11);2H,1,8H2,(H,9,10,11);1H. The smallest absolute Gasteiger partial charge is 0.320 e. The van der Waals surface area contributed by atoms with Gasteiger partial charge in [-0.2, -0.15) is 30.7 Å². The van der Waals surface area contributed by atoms with Gasteiger partial charge < -0.3 is 5.73 Å². The van der Waals surface area contributed by atoms with Gasteiger partial charge in [0.15, 0.2) is 0 Å². The van der Waals surface area contributed by atoms with E-state index in [-0.39, 0.29) is 0 Å². The van der Waals surface area contributed by atoms with Crippen LogP contribution in [0.3, 0.4) is 0 Å². The molecule has 160 valence electrons. The second-order valence-corrected chi connectivity index (χ2v) is 5.62. The summed E-state index contributed by atoms with van der Waals surface area (Å²) in [6.07, 6.45) is -7.29. The Balaban J connectivity index is 0.000000411. The average Bonchev–Trinajstić information content (AvgIpc) is 2.51. The molecule has 0 radical (unpaired) electrons. The van der Waals surface area contributed by atoms with Crippen molar-refractivity contribution in [3.63, 3.8) is 0 Å². The Hall–Kier alpha value is -2.58. The molecule has 2 fully saturated rings. The fourth-order valence-electron chi connectivity index (χ4n) is 1.65. The minimum atomic E-state index is -4.64. The number of alkyl halides is 7. The van der Waals surface area contributed by atoms with E-state index >= 15 is 0 Å². The summed E-state index contributed by atoms with van der Waals surface area (Å²) in [5.74, 6) is -12.2. The summed E-state index contributed by atoms with van der Waals surface area (Å²) in [4.78, 5) is 50.6. The van der Waals surface area contributed by atoms with Crippen LogP contribution >= 0.6 is 0 Å². The number of piperidine rings is 2. The third-order valence-corrected chi connectivity index (χ3v) is 3.09. The molecular formula is C13H14F7N3O5. The van der Waals surface area contributed by atoms with Crippen molar-refractivity contribution in [1.82, 2.24) is 10.6 Å². The third-order valence-electron chi connectivity index (χ3n) is 3.09. The third kappa shape index (κ3) is 7.98. The maximum atomic E-state index is 12.5. The van der Waals surface area contributed by atoms with E-state index in [4.69, 9.17) is 10.5 Å². The first kappa shape index (κ1) is 25.4. The predicted octanol–water partition coefficient (Wildman–Crippen LogP) is 0.0474. The number of nitrogens with one attached hydrogen (secondary N) is 2. The molecule has 2 heterocycles. The van der Waals surface area contributed by atoms with Crippen molar-refractivity contribution in [2.45, 2.75) is 43.8 Å². The molecule has 0 aromatic heterocycles. The molecule has 15 heteroatoms. The van der Waals surface area contributed by atoms with E-state index in [1.165, 1.54) is 12.2 Å². The molecule has 0 bridgehead atoms. The highest BCUT2D eigenvalue weighted by molar-refractivity contribution is 6.03. The number of hydrogen-bond acceptors (Lipinski definition) is 6. The number of carbonyl (C=O) groups excluding carboxylic acids is 5. The number of hydrogen-bond donors (Lipinski definition) is 3. The molecule has 4 amide bonds. The van der Waals surface area contributed by atoms with Crippen LogP contribution < -0.4 is 16.4 Å². The maximum absolute atomic E-state index is 12.5. The van der Waals surface area contributed by atoms with Gasteiger partial charge in [-0.25, -0.2) is 0 Å². The number of halogens is 7. The van der Waals surface area contributed by atoms with Crippen molar-refractivity contribution in [2.75, 3.05) is 0 Å². The lowest BCUT2D eigenvalue weighted by molar-refractivity contribution is -0.159. The first-order valence-corrected chi connectivity index (χ1v) is 7.18. The lowest BCUT2D eigenvalue weighted by Gasteiger charge is -2.24. The molecule has 2 aliphatic rings. The summed E-state index contributed by atoms with van der Waals surface area (Å²) in [7, 11) is 0. The number of amides is 4. The number of carbonyl (C=O) groups is 5. The van der Waals surface area contributed by atoms with Crippen LogP contribution in [0.4, 0.5) is 30.7 Å². The second kappa shape index (κ2) is 9.07. The van der Waals surface area contributed by atoms with Crippen LogP contribution in [-0.4, -0.2) is 54.0 Å². The van der Waals surface area contributed by atoms with E-state index in [0.29, 0.717) is 0 Å². The minimum absolute atomic E-state index is 0.624. The molecule has 0 spiro atoms. The highest BCUT2D eigenvalue weighted by atomic mass is 19.4. The summed E-state index contributed by atoms with van der Waals surface area (Å²) in [5, 5.41) is 3.06. The van der Waals surface area contributed by atoms with Gasteiger partial charge in [0, 0.05) is 18.8 Å². The van der Waals surface area contributed by atoms with E-state index in [1.54, 1.807) is 5.32 Å². The van der Waals surface area contributed by atoms with Crippen LogP contribution in [0.25, 0.3) is 0 Å². The monoisotopic (exact) mass is 425 g/mol. The number of rotatable bonds is 0. The summed E-state index contributed by atoms with van der Waals surface area (Å²) < 4.78 is 80.9. The Morgan fingerprint density at radius 3 is 1.61 bits per heavy atom. The van der Waals surface area contributed by atoms with E-state index in [2.05, 4.69) is 0 Å². The van der Waals surface area contributed by atoms with Gasteiger partial charge in [0.1, 0.15) is 0 Å². The normalized spacial score (nSPS) is 25.9. The molecule has 28 heavy (non-hydrogen) atoms. The quantitative estimate of drug-likeness (QED) is 0.285. The second-order valence-electron chi connectivity index (χ2n) is 5.62. The van der Waals surface area contributed by atoms with Crippen LogP contribution in [0.2, 0.25) is 0 Å². The minimum Gasteiger partial charge on any atom is -0.320 e. The van der Waals surface area contributed by atoms with Crippen molar-refractivity contribution in [3.8, 4) is 0 Å². The number of nitrogens with two attached hydrogens (primary N) is 1. The molecule has 2 saturated heterocycles. The molecular weight excluding hydrogens is 411 g/mol. The Morgan fingerprint density at radius 2 is 1.29 bits per heavy atom. The summed E-state index contributed by atoms with van der Waals surface area (Å²) in [5.41, 5.74) is 4.97. The molecule has 0 saturated carbocycles. The lowest BCUT2D eigenvalue weighted by atomic mass is 9.97. The molecule has 2 unspecified atom stereocenters. The van der Waals surface area contributed by atoms with Crippen LogP contribution in [-0.2, 0) is 24.0 Å². The van der Waals surface area contributed by atoms with Gasteiger partial charge in [-0.1, -0.05) is 6.92 Å². The Labute approximate surface area is 152 Å². The first-order chi connectivity index (χ1) is 12.4. The fourth-order valence-corrected chi connectivity index (χ4v) is 1.65. The van der Waals surface area contributed by atoms with Crippen LogP contribution in [0.1, 0.15) is 19.8 Å². The first-order valence-electron chi connectivity index (χ1n) is 7.18. The van der Waals surface area contributed by atoms with Gasteiger partial charge in [0.05, 0.1) is 6.04 Å². The predicted molar refractivity (Wildman–Crippen MR) is 74.7 cm³/mol. The molecule has 0 aliphatic carbocycles. The van der Waals surface area contributed by atoms with E-state index < -0.39 is 72.7 Å². The van der Waals surface area contributed by atoms with E-state index in [0.717, 1.165) is 0 Å². The van der Waals surface area contributed by atoms with Crippen LogP contribution in [0.5, 0.6) is 0 Å². The summed E-state index contributed by atoms with van der Waals surface area (Å²) in [6.45, 7) is 1.36. The topological polar surface area (TPSA) is 135 Å². The van der Waals surface area contributed by atoms with Gasteiger partial charge >= 0.3 is 18.0 Å². The zero-order valence-corrected chi connectivity index (χ0v) is 13.9. The van der Waals surface area contributed by atoms with Gasteiger partial charge in [-0.3, -0.25) is 34.6 Å². The van der Waals surface area contributed by atoms with E-state index in [1.807, 2.05) is 0 Å². The average molecular weight is 425 g/mol. The summed E-state index contributed by atoms with van der Waals surface area (Å²) >= 11 is 0. The fraction of sp³-hybridized carbons (Fsp3) is 0.615. The van der Waals surface area contributed by atoms with Crippen LogP contribution in [0, 0.1) is 5.92 Å². The Kier molecular flexibility index (Phi) is 8.24. The molecule has 2 aliphatic heterocycles. The van der Waals surface area contributed by atoms with Gasteiger partial charge in [0.25, 0.3) is 11.8 Å². The summed E-state index contributed by atoms with van der Waals surface area (Å²) in [6, 6.07) is -1.29. The van der Waals surface area contributed by atoms with Crippen molar-refractivity contribution in [3.05, 3.63) is 0 Å². The molecule has 0 aromatic rings. The zero-order valence-electron chi connectivity index (χ0n) is 13.9. The molecule has 4 N–H and O–H groups in total. The molecule has 0 aromatic carbocycles. The van der Waals surface area contributed by atoms with Gasteiger partial charge in [0.2, 0.25) is 18.1 Å². The van der Waals surface area contributed by atoms with Crippen molar-refractivity contribution in [2.24, 2.45) is 11.7 Å². The van der Waals surface area contributed by atoms with Crippen LogP contribution in [0.15, 0.2) is 0 Å². The van der Waals surface area contributed by atoms with Gasteiger partial charge in [-0.15, -0.1) is 0 Å². The Morgan fingerprint density at radius 1 is 0.929 bits per heavy atom. The highest BCUT2D eigenvalue weighted by Gasteiger charge is 2.47. The van der Waals surface area contributed by atoms with Crippen molar-refractivity contribution in [1.29, 1.82) is 0 Å². The van der Waals surface area contributed by atoms with Gasteiger partial charge in [-0.05, 0) is 0 Å². The lowest BCUT2D eigenvalue weighted by Crippen LogP contribution is -2.57. The van der Waals surface area contributed by atoms with E-state index in [9.17, 15) is 49.9 Å². The maximum Gasteiger partial charge on any atom is 0.446 e. The van der Waals surface area contributed by atoms with Crippen molar-refractivity contribution >= 4 is 29.9 Å².